The van der Waals surface area contributed by atoms with Gasteiger partial charge >= 0.3 is 0 Å². The van der Waals surface area contributed by atoms with Gasteiger partial charge in [0.2, 0.25) is 0 Å². The molecule has 1 fully saturated rings. The van der Waals surface area contributed by atoms with Gasteiger partial charge in [-0.05, 0) is 11.8 Å². The van der Waals surface area contributed by atoms with Crippen molar-refractivity contribution in [2.24, 2.45) is 5.41 Å². The summed E-state index contributed by atoms with van der Waals surface area (Å²) in [5.74, 6) is 0. The molecule has 3 heteroatoms. The topological polar surface area (TPSA) is 32.3 Å². The Hall–Kier alpha value is 0.210. The second-order valence-corrected chi connectivity index (χ2v) is 3.63. The Morgan fingerprint density at radius 2 is 2.20 bits per heavy atom. The third-order valence-electron chi connectivity index (χ3n) is 1.89. The molecule has 0 aromatic rings. The van der Waals surface area contributed by atoms with Gasteiger partial charge in [-0.1, -0.05) is 13.8 Å². The first-order chi connectivity index (χ1) is 4.14. The van der Waals surface area contributed by atoms with Crippen LogP contribution in [0.25, 0.3) is 0 Å². The maximum Gasteiger partial charge on any atom is 0.0584 e. The highest BCUT2D eigenvalue weighted by Crippen LogP contribution is 2.26. The van der Waals surface area contributed by atoms with Gasteiger partial charge in [0.25, 0.3) is 0 Å². The molecule has 1 atom stereocenters. The summed E-state index contributed by atoms with van der Waals surface area (Å²) in [6.45, 7) is 5.76. The number of hydrogen-bond acceptors (Lipinski definition) is 2. The van der Waals surface area contributed by atoms with E-state index in [2.05, 4.69) is 19.2 Å². The average molecular weight is 166 g/mol. The lowest BCUT2D eigenvalue weighted by atomic mass is 9.91. The molecule has 0 aromatic heterocycles. The zero-order chi connectivity index (χ0) is 6.91. The Morgan fingerprint density at radius 1 is 1.60 bits per heavy atom. The van der Waals surface area contributed by atoms with Crippen LogP contribution in [-0.4, -0.2) is 24.3 Å². The fourth-order valence-electron chi connectivity index (χ4n) is 1.36. The van der Waals surface area contributed by atoms with E-state index < -0.39 is 0 Å². The second-order valence-electron chi connectivity index (χ2n) is 3.63. The number of halogens is 1. The van der Waals surface area contributed by atoms with E-state index in [0.717, 1.165) is 13.0 Å². The van der Waals surface area contributed by atoms with Crippen LogP contribution in [0.1, 0.15) is 20.3 Å². The monoisotopic (exact) mass is 165 g/mol. The molecule has 0 aromatic carbocycles. The van der Waals surface area contributed by atoms with Crippen molar-refractivity contribution in [1.82, 2.24) is 5.32 Å². The van der Waals surface area contributed by atoms with Crippen molar-refractivity contribution >= 4 is 12.4 Å². The summed E-state index contributed by atoms with van der Waals surface area (Å²) in [6.07, 6.45) is 1.10. The van der Waals surface area contributed by atoms with Crippen LogP contribution in [0.15, 0.2) is 0 Å². The molecule has 0 spiro atoms. The Morgan fingerprint density at radius 3 is 2.40 bits per heavy atom. The summed E-state index contributed by atoms with van der Waals surface area (Å²) < 4.78 is 0. The normalized spacial score (nSPS) is 29.7. The van der Waals surface area contributed by atoms with Crippen molar-refractivity contribution in [3.63, 3.8) is 0 Å². The van der Waals surface area contributed by atoms with Crippen LogP contribution in [0.3, 0.4) is 0 Å². The van der Waals surface area contributed by atoms with Crippen molar-refractivity contribution in [1.29, 1.82) is 0 Å². The maximum atomic E-state index is 8.74. The largest absolute Gasteiger partial charge is 0.395 e. The van der Waals surface area contributed by atoms with Crippen molar-refractivity contribution in [3.8, 4) is 0 Å². The van der Waals surface area contributed by atoms with Crippen LogP contribution in [0, 0.1) is 5.41 Å². The Balaban J connectivity index is 0.000000810. The Kier molecular flexibility index (Phi) is 3.63. The molecular weight excluding hydrogens is 150 g/mol. The third-order valence-corrected chi connectivity index (χ3v) is 1.89. The van der Waals surface area contributed by atoms with E-state index in [0.29, 0.717) is 11.5 Å². The molecule has 0 amide bonds. The standard InChI is InChI=1S/C7H15NO.ClH/c1-7(2)3-6(4-9)8-5-7;/h6,8-9H,3-5H2,1-2H3;1H/t6-;/m1./s1. The van der Waals surface area contributed by atoms with Crippen LogP contribution in [0.4, 0.5) is 0 Å². The van der Waals surface area contributed by atoms with E-state index in [1.807, 2.05) is 0 Å². The molecule has 10 heavy (non-hydrogen) atoms. The average Bonchev–Trinajstić information content (AvgIpc) is 2.10. The zero-order valence-corrected chi connectivity index (χ0v) is 7.37. The molecule has 0 unspecified atom stereocenters. The zero-order valence-electron chi connectivity index (χ0n) is 6.55. The van der Waals surface area contributed by atoms with Gasteiger partial charge in [-0.3, -0.25) is 0 Å². The van der Waals surface area contributed by atoms with Crippen molar-refractivity contribution < 1.29 is 5.11 Å². The minimum atomic E-state index is 0. The number of nitrogens with one attached hydrogen (secondary N) is 1. The van der Waals surface area contributed by atoms with E-state index >= 15 is 0 Å². The van der Waals surface area contributed by atoms with E-state index in [9.17, 15) is 0 Å². The molecule has 62 valence electrons. The van der Waals surface area contributed by atoms with Gasteiger partial charge in [-0.15, -0.1) is 12.4 Å². The van der Waals surface area contributed by atoms with Gasteiger partial charge in [0.05, 0.1) is 6.61 Å². The molecule has 1 aliphatic rings. The molecule has 2 nitrogen and oxygen atoms in total. The highest BCUT2D eigenvalue weighted by molar-refractivity contribution is 5.85. The molecule has 1 heterocycles. The van der Waals surface area contributed by atoms with Gasteiger partial charge in [-0.25, -0.2) is 0 Å². The molecular formula is C7H16ClNO. The quantitative estimate of drug-likeness (QED) is 0.602. The number of aliphatic hydroxyl groups excluding tert-OH is 1. The molecule has 1 aliphatic heterocycles. The first kappa shape index (κ1) is 10.2. The van der Waals surface area contributed by atoms with Gasteiger partial charge in [-0.2, -0.15) is 0 Å². The smallest absolute Gasteiger partial charge is 0.0584 e. The summed E-state index contributed by atoms with van der Waals surface area (Å²) in [6, 6.07) is 0.347. The van der Waals surface area contributed by atoms with Gasteiger partial charge in [0.1, 0.15) is 0 Å². The van der Waals surface area contributed by atoms with E-state index in [4.69, 9.17) is 5.11 Å². The Bertz CT molecular complexity index is 106. The number of hydrogen-bond donors (Lipinski definition) is 2. The lowest BCUT2D eigenvalue weighted by molar-refractivity contribution is 0.247. The lowest BCUT2D eigenvalue weighted by Gasteiger charge is -2.14. The summed E-state index contributed by atoms with van der Waals surface area (Å²) in [5.41, 5.74) is 0.396. The fourth-order valence-corrected chi connectivity index (χ4v) is 1.36. The first-order valence-electron chi connectivity index (χ1n) is 3.48. The summed E-state index contributed by atoms with van der Waals surface area (Å²) >= 11 is 0. The van der Waals surface area contributed by atoms with Crippen LogP contribution in [0.5, 0.6) is 0 Å². The third kappa shape index (κ3) is 2.45. The van der Waals surface area contributed by atoms with Gasteiger partial charge < -0.3 is 10.4 Å². The van der Waals surface area contributed by atoms with Crippen molar-refractivity contribution in [2.45, 2.75) is 26.3 Å². The molecule has 2 N–H and O–H groups in total. The SMILES string of the molecule is CC1(C)CN[C@@H](CO)C1.Cl. The highest BCUT2D eigenvalue weighted by Gasteiger charge is 2.29. The van der Waals surface area contributed by atoms with Crippen molar-refractivity contribution in [2.75, 3.05) is 13.2 Å². The predicted octanol–water partition coefficient (Wildman–Crippen LogP) is 0.789. The van der Waals surface area contributed by atoms with Crippen molar-refractivity contribution in [3.05, 3.63) is 0 Å². The van der Waals surface area contributed by atoms with E-state index in [1.54, 1.807) is 0 Å². The first-order valence-corrected chi connectivity index (χ1v) is 3.48. The summed E-state index contributed by atoms with van der Waals surface area (Å²) in [4.78, 5) is 0. The molecule has 1 rings (SSSR count). The Labute approximate surface area is 68.4 Å². The van der Waals surface area contributed by atoms with E-state index in [-0.39, 0.29) is 19.0 Å². The number of rotatable bonds is 1. The molecule has 0 aliphatic carbocycles. The number of aliphatic hydroxyl groups is 1. The van der Waals surface area contributed by atoms with E-state index in [1.165, 1.54) is 0 Å². The minimum Gasteiger partial charge on any atom is -0.395 e. The minimum absolute atomic E-state index is 0. The predicted molar refractivity (Wildman–Crippen MR) is 44.5 cm³/mol. The van der Waals surface area contributed by atoms with Crippen LogP contribution < -0.4 is 5.32 Å². The molecule has 0 bridgehead atoms. The highest BCUT2D eigenvalue weighted by atomic mass is 35.5. The van der Waals surface area contributed by atoms with Gasteiger partial charge in [0, 0.05) is 12.6 Å². The maximum absolute atomic E-state index is 8.74. The van der Waals surface area contributed by atoms with Crippen LogP contribution in [-0.2, 0) is 0 Å². The lowest BCUT2D eigenvalue weighted by Crippen LogP contribution is -2.24. The molecule has 0 radical (unpaired) electrons. The van der Waals surface area contributed by atoms with Crippen LogP contribution >= 0.6 is 12.4 Å². The van der Waals surface area contributed by atoms with Gasteiger partial charge in [0.15, 0.2) is 0 Å². The molecule has 0 saturated carbocycles. The second kappa shape index (κ2) is 3.56. The van der Waals surface area contributed by atoms with Crippen LogP contribution in [0.2, 0.25) is 0 Å². The summed E-state index contributed by atoms with van der Waals surface area (Å²) in [5, 5.41) is 12.0. The summed E-state index contributed by atoms with van der Waals surface area (Å²) in [7, 11) is 0. The fraction of sp³-hybridized carbons (Fsp3) is 1.00. The molecule has 1 saturated heterocycles.